The number of aliphatic hydroxyl groups is 1. The van der Waals surface area contributed by atoms with E-state index in [2.05, 4.69) is 14.1 Å². The summed E-state index contributed by atoms with van der Waals surface area (Å²) in [5.41, 5.74) is 1.40. The third-order valence-corrected chi connectivity index (χ3v) is 8.09. The second-order valence-electron chi connectivity index (χ2n) is 9.63. The molecule has 4 nitrogen and oxygen atoms in total. The summed E-state index contributed by atoms with van der Waals surface area (Å²) in [4.78, 5) is 13.4. The van der Waals surface area contributed by atoms with E-state index >= 15 is 0 Å². The van der Waals surface area contributed by atoms with Gasteiger partial charge >= 0.3 is 5.97 Å². The van der Waals surface area contributed by atoms with Gasteiger partial charge in [-0.1, -0.05) is 48.5 Å². The molecule has 3 unspecified atom stereocenters. The Morgan fingerprint density at radius 2 is 1.43 bits per heavy atom. The summed E-state index contributed by atoms with van der Waals surface area (Å²) >= 11 is 0. The number of benzene rings is 2. The Morgan fingerprint density at radius 3 is 1.96 bits per heavy atom. The van der Waals surface area contributed by atoms with Crippen molar-refractivity contribution in [1.29, 1.82) is 0 Å². The summed E-state index contributed by atoms with van der Waals surface area (Å²) in [5, 5.41) is 11.6. The molecule has 0 radical (unpaired) electrons. The van der Waals surface area contributed by atoms with Crippen LogP contribution in [0.2, 0.25) is 0 Å². The molecule has 2 aliphatic heterocycles. The van der Waals surface area contributed by atoms with Crippen LogP contribution >= 0.6 is 0 Å². The zero-order valence-electron chi connectivity index (χ0n) is 16.3. The van der Waals surface area contributed by atoms with Crippen LogP contribution in [0.3, 0.4) is 0 Å². The van der Waals surface area contributed by atoms with Gasteiger partial charge in [0.05, 0.1) is 26.2 Å². The Bertz CT molecular complexity index is 931. The largest absolute Gasteiger partial charge is 0.459 e. The molecule has 4 heteroatoms. The van der Waals surface area contributed by atoms with Crippen LogP contribution in [0, 0.1) is 11.8 Å². The van der Waals surface area contributed by atoms with E-state index in [-0.39, 0.29) is 6.10 Å². The Kier molecular flexibility index (Phi) is 3.14. The van der Waals surface area contributed by atoms with E-state index in [1.54, 1.807) is 0 Å². The fourth-order valence-corrected chi connectivity index (χ4v) is 6.65. The number of carbonyl (C=O) groups excluding carboxylic acids is 1. The second-order valence-corrected chi connectivity index (χ2v) is 9.63. The van der Waals surface area contributed by atoms with E-state index in [1.165, 1.54) is 6.42 Å². The molecule has 0 spiro atoms. The van der Waals surface area contributed by atoms with Crippen molar-refractivity contribution < 1.29 is 19.1 Å². The third-order valence-electron chi connectivity index (χ3n) is 8.09. The first-order valence-electron chi connectivity index (χ1n) is 10.4. The van der Waals surface area contributed by atoms with Crippen molar-refractivity contribution in [2.24, 2.45) is 11.8 Å². The van der Waals surface area contributed by atoms with Gasteiger partial charge in [-0.2, -0.15) is 0 Å². The van der Waals surface area contributed by atoms with Crippen LogP contribution in [0.15, 0.2) is 48.5 Å². The minimum absolute atomic E-state index is 0.0922. The molecule has 2 bridgehead atoms. The molecule has 0 aromatic heterocycles. The van der Waals surface area contributed by atoms with Gasteiger partial charge in [0.2, 0.25) is 5.60 Å². The van der Waals surface area contributed by atoms with Crippen LogP contribution in [0.25, 0.3) is 11.1 Å². The Balaban J connectivity index is 1.33. The summed E-state index contributed by atoms with van der Waals surface area (Å²) in [6, 6.07) is 16.4. The van der Waals surface area contributed by atoms with Crippen LogP contribution in [0.5, 0.6) is 0 Å². The lowest BCUT2D eigenvalue weighted by Crippen LogP contribution is -2.59. The molecule has 1 saturated carbocycles. The molecule has 5 atom stereocenters. The maximum atomic E-state index is 13.4. The Morgan fingerprint density at radius 1 is 0.929 bits per heavy atom. The number of hydrogen-bond donors (Lipinski definition) is 1. The number of esters is 1. The number of quaternary nitrogens is 1. The highest BCUT2D eigenvalue weighted by Gasteiger charge is 2.68. The predicted octanol–water partition coefficient (Wildman–Crippen LogP) is 3.07. The zero-order valence-corrected chi connectivity index (χ0v) is 16.3. The van der Waals surface area contributed by atoms with Crippen LogP contribution in [-0.4, -0.2) is 47.8 Å². The number of piperidine rings is 2. The standard InChI is InChI=1S/C24H26NO3/c1-25(2)21-11-14(12-22(25)18-13-17(18)21)28-23(26)24(27)19-9-5-3-7-15(19)16-8-4-6-10-20(16)24/h3-10,14,17-18,21-22,27H,11-13H2,1-2H3/q+1/t14?,17-,18?,21-,22?/m0/s1. The molecule has 2 aromatic carbocycles. The molecule has 3 fully saturated rings. The van der Waals surface area contributed by atoms with Crippen LogP contribution in [0.4, 0.5) is 0 Å². The van der Waals surface area contributed by atoms with E-state index in [9.17, 15) is 9.90 Å². The minimum atomic E-state index is -1.71. The van der Waals surface area contributed by atoms with Crippen LogP contribution in [0.1, 0.15) is 30.4 Å². The number of ether oxygens (including phenoxy) is 1. The summed E-state index contributed by atoms with van der Waals surface area (Å²) in [7, 11) is 4.66. The van der Waals surface area contributed by atoms with Crippen molar-refractivity contribution in [3.63, 3.8) is 0 Å². The fraction of sp³-hybridized carbons (Fsp3) is 0.458. The number of nitrogens with zero attached hydrogens (tertiary/aromatic N) is 1. The molecule has 0 amide bonds. The number of hydrogen-bond acceptors (Lipinski definition) is 3. The van der Waals surface area contributed by atoms with Crippen molar-refractivity contribution in [3.05, 3.63) is 59.7 Å². The number of rotatable bonds is 2. The van der Waals surface area contributed by atoms with Gasteiger partial charge in [-0.05, 0) is 17.5 Å². The second kappa shape index (κ2) is 5.25. The third kappa shape index (κ3) is 1.95. The molecule has 28 heavy (non-hydrogen) atoms. The van der Waals surface area contributed by atoms with Crippen LogP contribution < -0.4 is 0 Å². The molecule has 2 aromatic rings. The normalized spacial score (nSPS) is 34.9. The first-order valence-corrected chi connectivity index (χ1v) is 10.4. The lowest BCUT2D eigenvalue weighted by atomic mass is 9.90. The molecule has 144 valence electrons. The predicted molar refractivity (Wildman–Crippen MR) is 105 cm³/mol. The van der Waals surface area contributed by atoms with E-state index in [1.807, 2.05) is 48.5 Å². The number of fused-ring (bicyclic) bond motifs is 8. The van der Waals surface area contributed by atoms with Gasteiger partial charge in [0.25, 0.3) is 0 Å². The molecule has 6 rings (SSSR count). The van der Waals surface area contributed by atoms with Gasteiger partial charge in [0, 0.05) is 35.8 Å². The zero-order chi connectivity index (χ0) is 19.3. The molecular weight excluding hydrogens is 350 g/mol. The summed E-state index contributed by atoms with van der Waals surface area (Å²) in [5.74, 6) is 1.09. The molecule has 2 saturated heterocycles. The molecule has 1 N–H and O–H groups in total. The molecule has 2 heterocycles. The fourth-order valence-electron chi connectivity index (χ4n) is 6.65. The van der Waals surface area contributed by atoms with Crippen molar-refractivity contribution in [2.75, 3.05) is 14.1 Å². The lowest BCUT2D eigenvalue weighted by molar-refractivity contribution is -0.937. The van der Waals surface area contributed by atoms with Crippen LogP contribution in [-0.2, 0) is 15.1 Å². The SMILES string of the molecule is C[N+]1(C)C2CC(OC(=O)C3(O)c4ccccc4-c4ccccc43)C[C@H]1[C@H]1CC21. The summed E-state index contributed by atoms with van der Waals surface area (Å²) in [6.45, 7) is 0. The van der Waals surface area contributed by atoms with E-state index in [0.717, 1.165) is 40.3 Å². The highest BCUT2D eigenvalue weighted by atomic mass is 16.6. The van der Waals surface area contributed by atoms with E-state index in [4.69, 9.17) is 4.74 Å². The Labute approximate surface area is 165 Å². The molecule has 2 aliphatic carbocycles. The van der Waals surface area contributed by atoms with Gasteiger partial charge in [-0.15, -0.1) is 0 Å². The first-order chi connectivity index (χ1) is 13.4. The average Bonchev–Trinajstić information content (AvgIpc) is 3.40. The monoisotopic (exact) mass is 376 g/mol. The highest BCUT2D eigenvalue weighted by molar-refractivity contribution is 5.96. The summed E-state index contributed by atoms with van der Waals surface area (Å²) in [6.07, 6.45) is 3.08. The van der Waals surface area contributed by atoms with Crippen molar-refractivity contribution in [2.45, 2.75) is 43.1 Å². The maximum absolute atomic E-state index is 13.4. The highest BCUT2D eigenvalue weighted by Crippen LogP contribution is 2.61. The average molecular weight is 376 g/mol. The van der Waals surface area contributed by atoms with E-state index in [0.29, 0.717) is 23.2 Å². The topological polar surface area (TPSA) is 46.5 Å². The minimum Gasteiger partial charge on any atom is -0.459 e. The van der Waals surface area contributed by atoms with Gasteiger partial charge in [0.15, 0.2) is 0 Å². The van der Waals surface area contributed by atoms with E-state index < -0.39 is 11.6 Å². The Hall–Kier alpha value is -2.17. The number of carbonyl (C=O) groups is 1. The van der Waals surface area contributed by atoms with Gasteiger partial charge in [0.1, 0.15) is 6.10 Å². The quantitative estimate of drug-likeness (QED) is 0.647. The maximum Gasteiger partial charge on any atom is 0.348 e. The van der Waals surface area contributed by atoms with Gasteiger partial charge < -0.3 is 14.3 Å². The molecular formula is C24H26NO3+. The smallest absolute Gasteiger partial charge is 0.348 e. The van der Waals surface area contributed by atoms with Gasteiger partial charge in [-0.3, -0.25) is 0 Å². The molecule has 4 aliphatic rings. The summed E-state index contributed by atoms with van der Waals surface area (Å²) < 4.78 is 7.10. The van der Waals surface area contributed by atoms with Crippen molar-refractivity contribution in [1.82, 2.24) is 0 Å². The van der Waals surface area contributed by atoms with Crippen molar-refractivity contribution in [3.8, 4) is 11.1 Å². The first kappa shape index (κ1) is 16.8. The lowest BCUT2D eigenvalue weighted by Gasteiger charge is -2.46. The van der Waals surface area contributed by atoms with Crippen molar-refractivity contribution >= 4 is 5.97 Å². The van der Waals surface area contributed by atoms with Gasteiger partial charge in [-0.25, -0.2) is 4.79 Å².